The number of rotatable bonds is 7. The summed E-state index contributed by atoms with van der Waals surface area (Å²) >= 11 is 6.03. The highest BCUT2D eigenvalue weighted by atomic mass is 35.5. The number of hydrogen-bond donors (Lipinski definition) is 2. The molecule has 0 spiro atoms. The zero-order valence-electron chi connectivity index (χ0n) is 13.1. The van der Waals surface area contributed by atoms with E-state index in [1.54, 1.807) is 10.9 Å². The van der Waals surface area contributed by atoms with E-state index in [-0.39, 0.29) is 18.3 Å². The van der Waals surface area contributed by atoms with E-state index >= 15 is 0 Å². The minimum absolute atomic E-state index is 0. The third-order valence-corrected chi connectivity index (χ3v) is 3.65. The number of nitrogens with two attached hydrogens (primary N) is 1. The van der Waals surface area contributed by atoms with Gasteiger partial charge in [-0.2, -0.15) is 5.10 Å². The summed E-state index contributed by atoms with van der Waals surface area (Å²) in [4.78, 5) is 12.3. The van der Waals surface area contributed by atoms with Crippen LogP contribution in [0.2, 0.25) is 5.02 Å². The molecule has 0 unspecified atom stereocenters. The molecule has 0 fully saturated rings. The van der Waals surface area contributed by atoms with Gasteiger partial charge in [0.15, 0.2) is 0 Å². The molecule has 1 heterocycles. The van der Waals surface area contributed by atoms with Crippen LogP contribution in [0.1, 0.15) is 35.8 Å². The number of nitrogens with one attached hydrogen (secondary N) is 1. The maximum absolute atomic E-state index is 12.3. The molecule has 2 aromatic rings. The zero-order chi connectivity index (χ0) is 15.9. The molecule has 1 amide bonds. The molecule has 0 saturated carbocycles. The van der Waals surface area contributed by atoms with E-state index in [0.29, 0.717) is 30.1 Å². The van der Waals surface area contributed by atoms with Crippen LogP contribution >= 0.6 is 24.0 Å². The predicted octanol–water partition coefficient (Wildman–Crippen LogP) is 2.98. The van der Waals surface area contributed by atoms with Gasteiger partial charge < -0.3 is 11.1 Å². The van der Waals surface area contributed by atoms with Gasteiger partial charge in [0.25, 0.3) is 5.91 Å². The van der Waals surface area contributed by atoms with E-state index in [1.165, 1.54) is 0 Å². The van der Waals surface area contributed by atoms with Crippen LogP contribution in [0.25, 0.3) is 5.69 Å². The number of aromatic nitrogens is 2. The number of amides is 1. The van der Waals surface area contributed by atoms with Crippen LogP contribution < -0.4 is 11.1 Å². The molecule has 0 aliphatic rings. The summed E-state index contributed by atoms with van der Waals surface area (Å²) in [7, 11) is 0. The number of carbonyl (C=O) groups excluding carboxylic acids is 1. The summed E-state index contributed by atoms with van der Waals surface area (Å²) in [5, 5.41) is 7.89. The first-order chi connectivity index (χ1) is 10.7. The molecule has 0 saturated heterocycles. The molecule has 1 aromatic heterocycles. The Morgan fingerprint density at radius 3 is 2.83 bits per heavy atom. The summed E-state index contributed by atoms with van der Waals surface area (Å²) in [6, 6.07) is 7.42. The van der Waals surface area contributed by atoms with E-state index in [9.17, 15) is 4.79 Å². The normalized spacial score (nSPS) is 10.2. The average molecular weight is 357 g/mol. The van der Waals surface area contributed by atoms with Gasteiger partial charge in [-0.1, -0.05) is 24.6 Å². The third-order valence-electron chi connectivity index (χ3n) is 3.42. The first kappa shape index (κ1) is 19.5. The Morgan fingerprint density at radius 1 is 1.39 bits per heavy atom. The lowest BCUT2D eigenvalue weighted by molar-refractivity contribution is 0.0952. The molecule has 0 bridgehead atoms. The number of carbonyl (C=O) groups is 1. The second-order valence-corrected chi connectivity index (χ2v) is 5.44. The van der Waals surface area contributed by atoms with Crippen molar-refractivity contribution in [3.05, 3.63) is 46.7 Å². The molecule has 0 aliphatic carbocycles. The number of unbranched alkanes of at least 4 members (excludes halogenated alkanes) is 1. The minimum atomic E-state index is -0.0952. The van der Waals surface area contributed by atoms with Crippen molar-refractivity contribution in [1.82, 2.24) is 15.1 Å². The monoisotopic (exact) mass is 356 g/mol. The van der Waals surface area contributed by atoms with E-state index in [4.69, 9.17) is 17.3 Å². The quantitative estimate of drug-likeness (QED) is 0.749. The van der Waals surface area contributed by atoms with Crippen molar-refractivity contribution in [3.63, 3.8) is 0 Å². The van der Waals surface area contributed by atoms with Crippen LogP contribution in [0.4, 0.5) is 0 Å². The maximum atomic E-state index is 12.3. The molecule has 126 valence electrons. The van der Waals surface area contributed by atoms with Crippen LogP contribution in [0, 0.1) is 0 Å². The van der Waals surface area contributed by atoms with Gasteiger partial charge in [0.05, 0.1) is 23.1 Å². The second kappa shape index (κ2) is 9.55. The Hall–Kier alpha value is -1.56. The van der Waals surface area contributed by atoms with Gasteiger partial charge in [0, 0.05) is 11.6 Å². The molecule has 1 aromatic carbocycles. The molecule has 23 heavy (non-hydrogen) atoms. The lowest BCUT2D eigenvalue weighted by Gasteiger charge is -2.09. The summed E-state index contributed by atoms with van der Waals surface area (Å²) in [6.45, 7) is 3.27. The summed E-state index contributed by atoms with van der Waals surface area (Å²) in [6.07, 6.45) is 4.10. The Bertz CT molecular complexity index is 643. The molecule has 0 atom stereocenters. The van der Waals surface area contributed by atoms with Gasteiger partial charge in [-0.15, -0.1) is 12.4 Å². The van der Waals surface area contributed by atoms with Gasteiger partial charge in [-0.25, -0.2) is 4.68 Å². The zero-order valence-corrected chi connectivity index (χ0v) is 14.7. The van der Waals surface area contributed by atoms with E-state index in [0.717, 1.165) is 24.2 Å². The largest absolute Gasteiger partial charge is 0.352 e. The summed E-state index contributed by atoms with van der Waals surface area (Å²) in [5.41, 5.74) is 7.78. The predicted molar refractivity (Wildman–Crippen MR) is 95.8 cm³/mol. The number of halogens is 2. The fourth-order valence-electron chi connectivity index (χ4n) is 2.30. The highest BCUT2D eigenvalue weighted by molar-refractivity contribution is 6.30. The molecule has 7 heteroatoms. The van der Waals surface area contributed by atoms with Gasteiger partial charge in [0.2, 0.25) is 0 Å². The van der Waals surface area contributed by atoms with Crippen LogP contribution in [-0.4, -0.2) is 28.8 Å². The van der Waals surface area contributed by atoms with Crippen LogP contribution in [0.5, 0.6) is 0 Å². The van der Waals surface area contributed by atoms with Crippen molar-refractivity contribution < 1.29 is 4.79 Å². The van der Waals surface area contributed by atoms with Crippen molar-refractivity contribution in [2.24, 2.45) is 5.73 Å². The van der Waals surface area contributed by atoms with E-state index < -0.39 is 0 Å². The van der Waals surface area contributed by atoms with Crippen LogP contribution in [-0.2, 0) is 6.42 Å². The number of nitrogens with zero attached hydrogens (tertiary/aromatic N) is 2. The first-order valence-electron chi connectivity index (χ1n) is 7.48. The number of hydrogen-bond acceptors (Lipinski definition) is 3. The number of benzene rings is 1. The Balaban J connectivity index is 0.00000264. The lowest BCUT2D eigenvalue weighted by Crippen LogP contribution is -2.25. The van der Waals surface area contributed by atoms with Crippen molar-refractivity contribution in [3.8, 4) is 5.69 Å². The average Bonchev–Trinajstić information content (AvgIpc) is 2.95. The molecule has 2 rings (SSSR count). The van der Waals surface area contributed by atoms with Gasteiger partial charge in [-0.3, -0.25) is 4.79 Å². The highest BCUT2D eigenvalue weighted by Gasteiger charge is 2.16. The summed E-state index contributed by atoms with van der Waals surface area (Å²) < 4.78 is 1.76. The second-order valence-electron chi connectivity index (χ2n) is 5.00. The van der Waals surface area contributed by atoms with Crippen molar-refractivity contribution in [2.45, 2.75) is 26.2 Å². The van der Waals surface area contributed by atoms with Crippen LogP contribution in [0.15, 0.2) is 30.5 Å². The molecule has 3 N–H and O–H groups in total. The van der Waals surface area contributed by atoms with Crippen molar-refractivity contribution >= 4 is 29.9 Å². The topological polar surface area (TPSA) is 72.9 Å². The van der Waals surface area contributed by atoms with Gasteiger partial charge >= 0.3 is 0 Å². The Labute approximate surface area is 147 Å². The lowest BCUT2D eigenvalue weighted by atomic mass is 10.2. The standard InChI is InChI=1S/C16H21ClN4O.ClH/c1-2-15-14(16(22)19-9-4-3-8-18)11-20-21(15)13-7-5-6-12(17)10-13;/h5-7,10-11H,2-4,8-9,18H2,1H3,(H,19,22);1H. The molecule has 0 aliphatic heterocycles. The van der Waals surface area contributed by atoms with Gasteiger partial charge in [0.1, 0.15) is 0 Å². The van der Waals surface area contributed by atoms with Crippen LogP contribution in [0.3, 0.4) is 0 Å². The molecule has 0 radical (unpaired) electrons. The Morgan fingerprint density at radius 2 is 2.17 bits per heavy atom. The van der Waals surface area contributed by atoms with Crippen molar-refractivity contribution in [2.75, 3.05) is 13.1 Å². The molecular weight excluding hydrogens is 335 g/mol. The fraction of sp³-hybridized carbons (Fsp3) is 0.375. The minimum Gasteiger partial charge on any atom is -0.352 e. The molecule has 5 nitrogen and oxygen atoms in total. The smallest absolute Gasteiger partial charge is 0.254 e. The van der Waals surface area contributed by atoms with E-state index in [1.807, 2.05) is 31.2 Å². The highest BCUT2D eigenvalue weighted by Crippen LogP contribution is 2.19. The van der Waals surface area contributed by atoms with Crippen molar-refractivity contribution in [1.29, 1.82) is 0 Å². The first-order valence-corrected chi connectivity index (χ1v) is 7.86. The van der Waals surface area contributed by atoms with E-state index in [2.05, 4.69) is 10.4 Å². The van der Waals surface area contributed by atoms with Gasteiger partial charge in [-0.05, 0) is 44.0 Å². The summed E-state index contributed by atoms with van der Waals surface area (Å²) in [5.74, 6) is -0.0952. The molecular formula is C16H22Cl2N4O. The maximum Gasteiger partial charge on any atom is 0.254 e. The Kier molecular flexibility index (Phi) is 8.09. The SMILES string of the molecule is CCc1c(C(=O)NCCCCN)cnn1-c1cccc(Cl)c1.Cl. The third kappa shape index (κ3) is 4.96. The fourth-order valence-corrected chi connectivity index (χ4v) is 2.49.